The highest BCUT2D eigenvalue weighted by atomic mass is 16.6. The topological polar surface area (TPSA) is 101 Å². The molecule has 0 aliphatic rings. The number of carbonyl (C=O) groups is 1. The van der Waals surface area contributed by atoms with E-state index >= 15 is 0 Å². The van der Waals surface area contributed by atoms with Crippen molar-refractivity contribution >= 4 is 17.7 Å². The molecule has 0 saturated carbocycles. The number of hydrogen-bond donors (Lipinski definition) is 2. The number of non-ortho nitro benzene ring substituents is 1. The fraction of sp³-hybridized carbons (Fsp3) is 0. The minimum atomic E-state index is -0.916. The van der Waals surface area contributed by atoms with Crippen LogP contribution >= 0.6 is 0 Å². The van der Waals surface area contributed by atoms with Crippen molar-refractivity contribution < 1.29 is 19.9 Å². The number of aromatic hydroxyl groups is 1. The maximum absolute atomic E-state index is 10.5. The smallest absolute Gasteiger partial charge is 0.336 e. The number of carboxylic acid groups (broad SMARTS) is 1. The van der Waals surface area contributed by atoms with Gasteiger partial charge in [0, 0.05) is 12.1 Å². The first-order chi connectivity index (χ1) is 9.95. The molecule has 0 unspecified atom stereocenters. The summed E-state index contributed by atoms with van der Waals surface area (Å²) >= 11 is 0. The highest BCUT2D eigenvalue weighted by Crippen LogP contribution is 2.15. The van der Waals surface area contributed by atoms with Crippen LogP contribution in [0.2, 0.25) is 0 Å². The Hall–Kier alpha value is -3.15. The number of rotatable bonds is 3. The van der Waals surface area contributed by atoms with E-state index < -0.39 is 10.9 Å². The molecule has 0 spiro atoms. The number of benzene rings is 2. The number of carboxylic acids is 1. The summed E-state index contributed by atoms with van der Waals surface area (Å²) in [5.41, 5.74) is 0.931. The number of nitro benzene ring substituents is 1. The molecule has 2 aromatic rings. The van der Waals surface area contributed by atoms with E-state index in [0.717, 1.165) is 0 Å². The molecule has 0 saturated heterocycles. The number of hydrogen-bond acceptors (Lipinski definition) is 4. The highest BCUT2D eigenvalue weighted by Gasteiger charge is 2.04. The Kier molecular flexibility index (Phi) is 5.64. The summed E-state index contributed by atoms with van der Waals surface area (Å²) in [5.74, 6) is -0.883. The van der Waals surface area contributed by atoms with Crippen LogP contribution in [-0.4, -0.2) is 21.1 Å². The van der Waals surface area contributed by atoms with Gasteiger partial charge in [-0.1, -0.05) is 30.9 Å². The van der Waals surface area contributed by atoms with Crippen LogP contribution in [0, 0.1) is 10.1 Å². The monoisotopic (exact) mass is 287 g/mol. The van der Waals surface area contributed by atoms with Crippen LogP contribution in [-0.2, 0) is 0 Å². The van der Waals surface area contributed by atoms with Crippen molar-refractivity contribution in [1.82, 2.24) is 0 Å². The molecule has 21 heavy (non-hydrogen) atoms. The van der Waals surface area contributed by atoms with Gasteiger partial charge in [0.2, 0.25) is 0 Å². The Morgan fingerprint density at radius 3 is 2.14 bits per heavy atom. The summed E-state index contributed by atoms with van der Waals surface area (Å²) in [6.07, 6.45) is 1.53. The van der Waals surface area contributed by atoms with Crippen molar-refractivity contribution in [3.05, 3.63) is 76.4 Å². The molecule has 0 amide bonds. The lowest BCUT2D eigenvalue weighted by Crippen LogP contribution is -1.98. The van der Waals surface area contributed by atoms with Crippen LogP contribution in [0.5, 0.6) is 5.75 Å². The van der Waals surface area contributed by atoms with Gasteiger partial charge in [0.25, 0.3) is 5.69 Å². The molecule has 2 aromatic carbocycles. The average molecular weight is 287 g/mol. The van der Waals surface area contributed by atoms with Crippen molar-refractivity contribution in [2.24, 2.45) is 0 Å². The molecular formula is C15H13NO5. The van der Waals surface area contributed by atoms with Gasteiger partial charge in [-0.3, -0.25) is 10.1 Å². The van der Waals surface area contributed by atoms with Crippen LogP contribution in [0.15, 0.2) is 55.1 Å². The van der Waals surface area contributed by atoms with E-state index in [1.54, 1.807) is 24.3 Å². The van der Waals surface area contributed by atoms with Crippen LogP contribution < -0.4 is 0 Å². The molecule has 0 aliphatic heterocycles. The summed E-state index contributed by atoms with van der Waals surface area (Å²) in [6.45, 7) is 3.51. The molecule has 2 N–H and O–H groups in total. The van der Waals surface area contributed by atoms with Crippen LogP contribution in [0.1, 0.15) is 15.9 Å². The number of aromatic carboxylic acids is 1. The largest absolute Gasteiger partial charge is 0.508 e. The van der Waals surface area contributed by atoms with Crippen molar-refractivity contribution in [2.45, 2.75) is 0 Å². The van der Waals surface area contributed by atoms with Crippen molar-refractivity contribution in [2.75, 3.05) is 0 Å². The molecule has 0 fully saturated rings. The molecule has 0 heterocycles. The van der Waals surface area contributed by atoms with Gasteiger partial charge in [0.1, 0.15) is 5.75 Å². The normalized spacial score (nSPS) is 9.14. The molecule has 0 atom stereocenters. The molecule has 0 radical (unpaired) electrons. The maximum Gasteiger partial charge on any atom is 0.336 e. The van der Waals surface area contributed by atoms with E-state index in [1.165, 1.54) is 30.3 Å². The summed E-state index contributed by atoms with van der Waals surface area (Å²) in [4.78, 5) is 20.1. The highest BCUT2D eigenvalue weighted by molar-refractivity contribution is 5.91. The van der Waals surface area contributed by atoms with Crippen LogP contribution in [0.25, 0.3) is 6.08 Å². The molecule has 6 heteroatoms. The zero-order valence-electron chi connectivity index (χ0n) is 11.0. The lowest BCUT2D eigenvalue weighted by atomic mass is 10.1. The standard InChI is InChI=1S/C9H8O2.C6H5NO3/c1-2-7-5-3-4-6-8(7)9(10)11;8-6-3-1-5(2-4-6)7(9)10/h2-6H,1H2,(H,10,11);1-4,8H. The Balaban J connectivity index is 0.000000211. The second-order valence-corrected chi connectivity index (χ2v) is 3.87. The quantitative estimate of drug-likeness (QED) is 0.666. The first-order valence-corrected chi connectivity index (χ1v) is 5.84. The van der Waals surface area contributed by atoms with E-state index in [-0.39, 0.29) is 11.4 Å². The second-order valence-electron chi connectivity index (χ2n) is 3.87. The average Bonchev–Trinajstić information content (AvgIpc) is 2.48. The van der Waals surface area contributed by atoms with E-state index in [1.807, 2.05) is 0 Å². The number of nitrogens with zero attached hydrogens (tertiary/aromatic N) is 1. The lowest BCUT2D eigenvalue weighted by Gasteiger charge is -1.97. The predicted octanol–water partition coefficient (Wildman–Crippen LogP) is 3.33. The fourth-order valence-corrected chi connectivity index (χ4v) is 1.44. The van der Waals surface area contributed by atoms with Gasteiger partial charge in [0.05, 0.1) is 10.5 Å². The van der Waals surface area contributed by atoms with Crippen molar-refractivity contribution in [1.29, 1.82) is 0 Å². The molecule has 0 aliphatic carbocycles. The Morgan fingerprint density at radius 2 is 1.71 bits per heavy atom. The maximum atomic E-state index is 10.5. The summed E-state index contributed by atoms with van der Waals surface area (Å²) < 4.78 is 0. The summed E-state index contributed by atoms with van der Waals surface area (Å²) in [6, 6.07) is 11.8. The van der Waals surface area contributed by atoms with Gasteiger partial charge in [-0.25, -0.2) is 4.79 Å². The third kappa shape index (κ3) is 4.79. The van der Waals surface area contributed by atoms with Gasteiger partial charge in [0.15, 0.2) is 0 Å². The first-order valence-electron chi connectivity index (χ1n) is 5.84. The number of phenols is 1. The first kappa shape index (κ1) is 15.9. The molecule has 108 valence electrons. The molecule has 0 aromatic heterocycles. The van der Waals surface area contributed by atoms with E-state index in [0.29, 0.717) is 11.1 Å². The van der Waals surface area contributed by atoms with E-state index in [2.05, 4.69) is 6.58 Å². The molecular weight excluding hydrogens is 274 g/mol. The number of phenolic OH excluding ortho intramolecular Hbond substituents is 1. The third-order valence-electron chi connectivity index (χ3n) is 2.47. The Labute approximate surface area is 120 Å². The minimum absolute atomic E-state index is 0.0159. The zero-order valence-corrected chi connectivity index (χ0v) is 11.0. The number of nitro groups is 1. The predicted molar refractivity (Wildman–Crippen MR) is 78.3 cm³/mol. The molecule has 0 bridgehead atoms. The summed E-state index contributed by atoms with van der Waals surface area (Å²) in [7, 11) is 0. The summed E-state index contributed by atoms with van der Waals surface area (Å²) in [5, 5.41) is 27.4. The Bertz CT molecular complexity index is 649. The van der Waals surface area contributed by atoms with Gasteiger partial charge in [-0.15, -0.1) is 0 Å². The zero-order chi connectivity index (χ0) is 15.8. The fourth-order valence-electron chi connectivity index (χ4n) is 1.44. The third-order valence-corrected chi connectivity index (χ3v) is 2.47. The lowest BCUT2D eigenvalue weighted by molar-refractivity contribution is -0.384. The SMILES string of the molecule is C=Cc1ccccc1C(=O)O.O=[N+]([O-])c1ccc(O)cc1. The molecule has 2 rings (SSSR count). The molecule has 6 nitrogen and oxygen atoms in total. The van der Waals surface area contributed by atoms with E-state index in [9.17, 15) is 14.9 Å². The minimum Gasteiger partial charge on any atom is -0.508 e. The van der Waals surface area contributed by atoms with Gasteiger partial charge in [-0.2, -0.15) is 0 Å². The van der Waals surface area contributed by atoms with Gasteiger partial charge in [-0.05, 0) is 23.8 Å². The van der Waals surface area contributed by atoms with E-state index in [4.69, 9.17) is 10.2 Å². The van der Waals surface area contributed by atoms with Crippen molar-refractivity contribution in [3.8, 4) is 5.75 Å². The second kappa shape index (κ2) is 7.44. The Morgan fingerprint density at radius 1 is 1.14 bits per heavy atom. The van der Waals surface area contributed by atoms with Crippen LogP contribution in [0.3, 0.4) is 0 Å². The van der Waals surface area contributed by atoms with Gasteiger partial charge < -0.3 is 10.2 Å². The van der Waals surface area contributed by atoms with Crippen LogP contribution in [0.4, 0.5) is 5.69 Å². The van der Waals surface area contributed by atoms with Crippen molar-refractivity contribution in [3.63, 3.8) is 0 Å². The van der Waals surface area contributed by atoms with Gasteiger partial charge >= 0.3 is 5.97 Å².